The minimum atomic E-state index is -0.408. The number of methoxy groups -OCH3 is 1. The fourth-order valence-electron chi connectivity index (χ4n) is 2.99. The number of hydrogen-bond acceptors (Lipinski definition) is 4. The van der Waals surface area contributed by atoms with Gasteiger partial charge in [-0.1, -0.05) is 13.0 Å². The van der Waals surface area contributed by atoms with Crippen molar-refractivity contribution in [2.75, 3.05) is 33.3 Å². The molecule has 0 radical (unpaired) electrons. The van der Waals surface area contributed by atoms with E-state index in [1.54, 1.807) is 6.07 Å². The molecule has 1 saturated heterocycles. The first-order valence-corrected chi connectivity index (χ1v) is 8.46. The smallest absolute Gasteiger partial charge is 0.165 e. The van der Waals surface area contributed by atoms with Crippen LogP contribution in [-0.4, -0.2) is 49.4 Å². The summed E-state index contributed by atoms with van der Waals surface area (Å²) in [4.78, 5) is 2.32. The minimum absolute atomic E-state index is 0.0218. The summed E-state index contributed by atoms with van der Waals surface area (Å²) in [6.45, 7) is 7.58. The van der Waals surface area contributed by atoms with E-state index < -0.39 is 6.10 Å². The van der Waals surface area contributed by atoms with Gasteiger partial charge in [-0.25, -0.2) is 4.39 Å². The highest BCUT2D eigenvalue weighted by Crippen LogP contribution is 2.21. The summed E-state index contributed by atoms with van der Waals surface area (Å²) in [7, 11) is 1.46. The summed E-state index contributed by atoms with van der Waals surface area (Å²) in [5.74, 6) is 0.688. The zero-order chi connectivity index (χ0) is 16.8. The van der Waals surface area contributed by atoms with Crippen LogP contribution in [0.25, 0.3) is 0 Å². The van der Waals surface area contributed by atoms with Gasteiger partial charge in [-0.3, -0.25) is 0 Å². The third kappa shape index (κ3) is 5.44. The highest BCUT2D eigenvalue weighted by atomic mass is 19.1. The Morgan fingerprint density at radius 3 is 2.70 bits per heavy atom. The summed E-state index contributed by atoms with van der Waals surface area (Å²) in [6.07, 6.45) is 2.01. The van der Waals surface area contributed by atoms with E-state index in [0.29, 0.717) is 13.1 Å². The van der Waals surface area contributed by atoms with Crippen LogP contribution >= 0.6 is 0 Å². The first kappa shape index (κ1) is 18.2. The third-order valence-corrected chi connectivity index (χ3v) is 4.68. The Kier molecular flexibility index (Phi) is 6.81. The zero-order valence-electron chi connectivity index (χ0n) is 14.4. The number of piperidine rings is 1. The molecular weight excluding hydrogens is 295 g/mol. The van der Waals surface area contributed by atoms with Gasteiger partial charge >= 0.3 is 0 Å². The molecule has 2 unspecified atom stereocenters. The van der Waals surface area contributed by atoms with E-state index in [1.807, 2.05) is 13.0 Å². The molecule has 0 bridgehead atoms. The molecule has 0 aromatic heterocycles. The predicted octanol–water partition coefficient (Wildman–Crippen LogP) is 2.58. The zero-order valence-corrected chi connectivity index (χ0v) is 14.4. The third-order valence-electron chi connectivity index (χ3n) is 4.68. The van der Waals surface area contributed by atoms with Crippen molar-refractivity contribution in [2.45, 2.75) is 38.8 Å². The van der Waals surface area contributed by atoms with Crippen LogP contribution < -0.4 is 10.1 Å². The Morgan fingerprint density at radius 1 is 1.39 bits per heavy atom. The Balaban J connectivity index is 1.77. The lowest BCUT2D eigenvalue weighted by atomic mass is 9.99. The molecule has 5 heteroatoms. The summed E-state index contributed by atoms with van der Waals surface area (Å²) < 4.78 is 18.7. The van der Waals surface area contributed by atoms with Crippen molar-refractivity contribution in [1.82, 2.24) is 10.2 Å². The number of benzene rings is 1. The van der Waals surface area contributed by atoms with Crippen molar-refractivity contribution < 1.29 is 14.2 Å². The van der Waals surface area contributed by atoms with Crippen molar-refractivity contribution in [3.05, 3.63) is 29.6 Å². The average Bonchev–Trinajstić information content (AvgIpc) is 2.54. The van der Waals surface area contributed by atoms with Crippen LogP contribution in [0.2, 0.25) is 0 Å². The van der Waals surface area contributed by atoms with Crippen molar-refractivity contribution in [3.8, 4) is 5.75 Å². The van der Waals surface area contributed by atoms with Gasteiger partial charge in [-0.2, -0.15) is 0 Å². The number of aliphatic hydroxyl groups excluding tert-OH is 1. The number of ether oxygens (including phenoxy) is 1. The largest absolute Gasteiger partial charge is 0.494 e. The topological polar surface area (TPSA) is 44.7 Å². The first-order chi connectivity index (χ1) is 11.0. The molecule has 1 aromatic rings. The lowest BCUT2D eigenvalue weighted by Gasteiger charge is -2.32. The second-order valence-electron chi connectivity index (χ2n) is 6.66. The first-order valence-electron chi connectivity index (χ1n) is 8.46. The molecule has 2 N–H and O–H groups in total. The number of halogens is 1. The van der Waals surface area contributed by atoms with Crippen molar-refractivity contribution >= 4 is 0 Å². The number of hydrogen-bond donors (Lipinski definition) is 2. The fraction of sp³-hybridized carbons (Fsp3) is 0.667. The summed E-state index contributed by atoms with van der Waals surface area (Å²) in [5, 5.41) is 13.5. The Bertz CT molecular complexity index is 490. The molecule has 0 spiro atoms. The maximum Gasteiger partial charge on any atom is 0.165 e. The Hall–Kier alpha value is -1.17. The molecule has 2 rings (SSSR count). The SMILES string of the molecule is COc1ccc(C(C)NCC(O)CN2CCC(C)CC2)cc1F. The van der Waals surface area contributed by atoms with E-state index in [0.717, 1.165) is 24.6 Å². The second kappa shape index (κ2) is 8.62. The number of β-amino-alcohol motifs (C(OH)–C–C–N with tert-alkyl or cyclic N) is 1. The van der Waals surface area contributed by atoms with Gasteiger partial charge in [0, 0.05) is 19.1 Å². The fourth-order valence-corrected chi connectivity index (χ4v) is 2.99. The van der Waals surface area contributed by atoms with Crippen LogP contribution in [0.15, 0.2) is 18.2 Å². The molecule has 1 heterocycles. The van der Waals surface area contributed by atoms with Gasteiger partial charge in [0.1, 0.15) is 0 Å². The van der Waals surface area contributed by atoms with E-state index in [-0.39, 0.29) is 17.6 Å². The molecule has 1 fully saturated rings. The minimum Gasteiger partial charge on any atom is -0.494 e. The maximum absolute atomic E-state index is 13.7. The van der Waals surface area contributed by atoms with Crippen LogP contribution in [0.5, 0.6) is 5.75 Å². The van der Waals surface area contributed by atoms with E-state index in [1.165, 1.54) is 26.0 Å². The predicted molar refractivity (Wildman–Crippen MR) is 90.2 cm³/mol. The number of nitrogens with one attached hydrogen (secondary N) is 1. The molecule has 2 atom stereocenters. The van der Waals surface area contributed by atoms with Crippen LogP contribution in [0.4, 0.5) is 4.39 Å². The van der Waals surface area contributed by atoms with Crippen LogP contribution in [0.1, 0.15) is 38.3 Å². The van der Waals surface area contributed by atoms with Gasteiger partial charge in [0.05, 0.1) is 13.2 Å². The summed E-state index contributed by atoms with van der Waals surface area (Å²) in [5.41, 5.74) is 0.849. The molecule has 0 amide bonds. The van der Waals surface area contributed by atoms with E-state index in [9.17, 15) is 9.50 Å². The van der Waals surface area contributed by atoms with E-state index >= 15 is 0 Å². The van der Waals surface area contributed by atoms with Crippen molar-refractivity contribution in [3.63, 3.8) is 0 Å². The Labute approximate surface area is 138 Å². The lowest BCUT2D eigenvalue weighted by molar-refractivity contribution is 0.0892. The van der Waals surface area contributed by atoms with Crippen molar-refractivity contribution in [2.24, 2.45) is 5.92 Å². The van der Waals surface area contributed by atoms with Crippen LogP contribution in [0.3, 0.4) is 0 Å². The van der Waals surface area contributed by atoms with Gasteiger partial charge in [0.2, 0.25) is 0 Å². The number of likely N-dealkylation sites (tertiary alicyclic amines) is 1. The highest BCUT2D eigenvalue weighted by molar-refractivity contribution is 5.30. The maximum atomic E-state index is 13.7. The number of aliphatic hydroxyl groups is 1. The average molecular weight is 324 g/mol. The normalized spacial score (nSPS) is 19.5. The quantitative estimate of drug-likeness (QED) is 0.809. The lowest BCUT2D eigenvalue weighted by Crippen LogP contribution is -2.42. The molecule has 1 aromatic carbocycles. The van der Waals surface area contributed by atoms with Gasteiger partial charge < -0.3 is 20.1 Å². The summed E-state index contributed by atoms with van der Waals surface area (Å²) >= 11 is 0. The summed E-state index contributed by atoms with van der Waals surface area (Å²) in [6, 6.07) is 4.94. The van der Waals surface area contributed by atoms with Crippen LogP contribution in [-0.2, 0) is 0 Å². The van der Waals surface area contributed by atoms with Crippen LogP contribution in [0, 0.1) is 11.7 Å². The molecule has 0 saturated carbocycles. The molecule has 4 nitrogen and oxygen atoms in total. The Morgan fingerprint density at radius 2 is 2.09 bits per heavy atom. The number of nitrogens with zero attached hydrogens (tertiary/aromatic N) is 1. The van der Waals surface area contributed by atoms with E-state index in [2.05, 4.69) is 17.1 Å². The van der Waals surface area contributed by atoms with Gasteiger partial charge in [0.15, 0.2) is 11.6 Å². The van der Waals surface area contributed by atoms with E-state index in [4.69, 9.17) is 4.74 Å². The second-order valence-corrected chi connectivity index (χ2v) is 6.66. The van der Waals surface area contributed by atoms with Crippen molar-refractivity contribution in [1.29, 1.82) is 0 Å². The molecule has 130 valence electrons. The molecule has 1 aliphatic heterocycles. The van der Waals surface area contributed by atoms with Gasteiger partial charge in [-0.05, 0) is 56.5 Å². The van der Waals surface area contributed by atoms with Gasteiger partial charge in [0.25, 0.3) is 0 Å². The molecule has 1 aliphatic rings. The number of rotatable bonds is 7. The standard InChI is InChI=1S/C18H29FN2O2/c1-13-6-8-21(9-7-13)12-16(22)11-20-14(2)15-4-5-18(23-3)17(19)10-15/h4-5,10,13-14,16,20,22H,6-9,11-12H2,1-3H3. The highest BCUT2D eigenvalue weighted by Gasteiger charge is 2.18. The van der Waals surface area contributed by atoms with Gasteiger partial charge in [-0.15, -0.1) is 0 Å². The molecular formula is C18H29FN2O2. The molecule has 23 heavy (non-hydrogen) atoms. The molecule has 0 aliphatic carbocycles. The monoisotopic (exact) mass is 324 g/mol.